The highest BCUT2D eigenvalue weighted by Gasteiger charge is 2.30. The summed E-state index contributed by atoms with van der Waals surface area (Å²) in [5, 5.41) is 6.88. The SMILES string of the molecule is CCOc1cc(C=NNC(=O)CCC(=O)Nc2cccc(C(F)(F)F)c2)cc(Br)c1OCc1ccc(Cl)cc1. The highest BCUT2D eigenvalue weighted by molar-refractivity contribution is 9.10. The van der Waals surface area contributed by atoms with E-state index >= 15 is 0 Å². The molecule has 2 N–H and O–H groups in total. The van der Waals surface area contributed by atoms with Gasteiger partial charge in [0.2, 0.25) is 11.8 Å². The molecule has 0 bridgehead atoms. The Balaban J connectivity index is 1.53. The third-order valence-electron chi connectivity index (χ3n) is 5.08. The number of amides is 2. The molecule has 0 fully saturated rings. The normalized spacial score (nSPS) is 11.3. The van der Waals surface area contributed by atoms with Gasteiger partial charge in [-0.1, -0.05) is 29.8 Å². The summed E-state index contributed by atoms with van der Waals surface area (Å²) in [5.74, 6) is -0.176. The van der Waals surface area contributed by atoms with Crippen LogP contribution in [0.1, 0.15) is 36.5 Å². The first kappa shape index (κ1) is 30.0. The van der Waals surface area contributed by atoms with Gasteiger partial charge in [0.05, 0.1) is 22.9 Å². The van der Waals surface area contributed by atoms with Crippen LogP contribution in [-0.4, -0.2) is 24.6 Å². The van der Waals surface area contributed by atoms with Crippen molar-refractivity contribution in [3.05, 3.63) is 86.8 Å². The van der Waals surface area contributed by atoms with E-state index in [0.717, 1.165) is 17.7 Å². The Morgan fingerprint density at radius 1 is 1.03 bits per heavy atom. The second-order valence-corrected chi connectivity index (χ2v) is 9.39. The molecule has 206 valence electrons. The minimum absolute atomic E-state index is 0.00970. The van der Waals surface area contributed by atoms with E-state index in [0.29, 0.717) is 39.8 Å². The third kappa shape index (κ3) is 9.60. The van der Waals surface area contributed by atoms with Crippen molar-refractivity contribution in [2.75, 3.05) is 11.9 Å². The molecule has 3 aromatic carbocycles. The number of alkyl halides is 3. The largest absolute Gasteiger partial charge is 0.490 e. The zero-order chi connectivity index (χ0) is 28.4. The molecular formula is C27H24BrClF3N3O4. The summed E-state index contributed by atoms with van der Waals surface area (Å²) in [6, 6.07) is 14.9. The summed E-state index contributed by atoms with van der Waals surface area (Å²) in [7, 11) is 0. The summed E-state index contributed by atoms with van der Waals surface area (Å²) >= 11 is 9.40. The molecule has 3 aromatic rings. The Morgan fingerprint density at radius 2 is 1.74 bits per heavy atom. The number of nitrogens with one attached hydrogen (secondary N) is 2. The second-order valence-electron chi connectivity index (χ2n) is 8.10. The van der Waals surface area contributed by atoms with E-state index in [2.05, 4.69) is 31.8 Å². The third-order valence-corrected chi connectivity index (χ3v) is 5.92. The molecule has 0 saturated heterocycles. The molecule has 39 heavy (non-hydrogen) atoms. The predicted octanol–water partition coefficient (Wildman–Crippen LogP) is 6.97. The molecule has 0 saturated carbocycles. The Hall–Kier alpha value is -3.57. The van der Waals surface area contributed by atoms with Gasteiger partial charge in [-0.2, -0.15) is 18.3 Å². The molecule has 0 atom stereocenters. The Morgan fingerprint density at radius 3 is 2.44 bits per heavy atom. The van der Waals surface area contributed by atoms with Crippen molar-refractivity contribution in [2.24, 2.45) is 5.10 Å². The van der Waals surface area contributed by atoms with Crippen LogP contribution in [0.4, 0.5) is 18.9 Å². The van der Waals surface area contributed by atoms with Crippen molar-refractivity contribution in [1.82, 2.24) is 5.43 Å². The number of hydrogen-bond acceptors (Lipinski definition) is 5. The number of rotatable bonds is 11. The molecule has 0 aromatic heterocycles. The maximum absolute atomic E-state index is 12.8. The summed E-state index contributed by atoms with van der Waals surface area (Å²) in [4.78, 5) is 24.1. The van der Waals surface area contributed by atoms with Gasteiger partial charge in [-0.15, -0.1) is 0 Å². The number of anilines is 1. The minimum atomic E-state index is -4.53. The van der Waals surface area contributed by atoms with Gasteiger partial charge in [-0.25, -0.2) is 5.43 Å². The van der Waals surface area contributed by atoms with Crippen LogP contribution in [0, 0.1) is 0 Å². The molecule has 0 unspecified atom stereocenters. The lowest BCUT2D eigenvalue weighted by Gasteiger charge is -2.14. The summed E-state index contributed by atoms with van der Waals surface area (Å²) in [6.07, 6.45) is -3.58. The van der Waals surface area contributed by atoms with Crippen LogP contribution in [0.3, 0.4) is 0 Å². The Labute approximate surface area is 236 Å². The number of nitrogens with zero attached hydrogens (tertiary/aromatic N) is 1. The van der Waals surface area contributed by atoms with Crippen molar-refractivity contribution in [2.45, 2.75) is 32.5 Å². The zero-order valence-electron chi connectivity index (χ0n) is 20.6. The smallest absolute Gasteiger partial charge is 0.416 e. The van der Waals surface area contributed by atoms with Gasteiger partial charge in [0.25, 0.3) is 0 Å². The lowest BCUT2D eigenvalue weighted by atomic mass is 10.2. The highest BCUT2D eigenvalue weighted by atomic mass is 79.9. The van der Waals surface area contributed by atoms with E-state index in [1.165, 1.54) is 18.3 Å². The molecule has 0 radical (unpaired) electrons. The minimum Gasteiger partial charge on any atom is -0.490 e. The maximum Gasteiger partial charge on any atom is 0.416 e. The summed E-state index contributed by atoms with van der Waals surface area (Å²) in [6.45, 7) is 2.52. The number of carbonyl (C=O) groups is 2. The van der Waals surface area contributed by atoms with Gasteiger partial charge >= 0.3 is 6.18 Å². The fourth-order valence-corrected chi connectivity index (χ4v) is 3.96. The average Bonchev–Trinajstić information content (AvgIpc) is 2.88. The van der Waals surface area contributed by atoms with Gasteiger partial charge in [-0.05, 0) is 76.4 Å². The van der Waals surface area contributed by atoms with E-state index in [1.807, 2.05) is 19.1 Å². The standard InChI is InChI=1S/C27H24BrClF3N3O4/c1-2-38-23-13-18(12-22(28)26(23)39-16-17-6-8-20(29)9-7-17)15-33-35-25(37)11-10-24(36)34-21-5-3-4-19(14-21)27(30,31)32/h3-9,12-15H,2,10-11,16H2,1H3,(H,34,36)(H,35,37). The summed E-state index contributed by atoms with van der Waals surface area (Å²) < 4.78 is 50.7. The first-order valence-corrected chi connectivity index (χ1v) is 12.8. The molecule has 0 aliphatic heterocycles. The molecule has 0 heterocycles. The number of ether oxygens (including phenoxy) is 2. The summed E-state index contributed by atoms with van der Waals surface area (Å²) in [5.41, 5.74) is 2.95. The zero-order valence-corrected chi connectivity index (χ0v) is 23.0. The van der Waals surface area contributed by atoms with Gasteiger partial charge in [0.1, 0.15) is 6.61 Å². The molecule has 7 nitrogen and oxygen atoms in total. The Bertz CT molecular complexity index is 1330. The second kappa shape index (κ2) is 14.0. The predicted molar refractivity (Wildman–Crippen MR) is 146 cm³/mol. The first-order valence-electron chi connectivity index (χ1n) is 11.7. The van der Waals surface area contributed by atoms with Crippen molar-refractivity contribution in [3.8, 4) is 11.5 Å². The van der Waals surface area contributed by atoms with E-state index < -0.39 is 23.6 Å². The molecule has 0 aliphatic carbocycles. The topological polar surface area (TPSA) is 89.0 Å². The monoisotopic (exact) mass is 625 g/mol. The number of hydrazone groups is 1. The molecule has 2 amide bonds. The molecule has 12 heteroatoms. The molecule has 3 rings (SSSR count). The number of halogens is 5. The van der Waals surface area contributed by atoms with Crippen LogP contribution in [0.15, 0.2) is 70.2 Å². The fraction of sp³-hybridized carbons (Fsp3) is 0.222. The van der Waals surface area contributed by atoms with Crippen LogP contribution in [0.2, 0.25) is 5.02 Å². The molecule has 0 aliphatic rings. The average molecular weight is 627 g/mol. The lowest BCUT2D eigenvalue weighted by Crippen LogP contribution is -2.20. The number of benzene rings is 3. The van der Waals surface area contributed by atoms with Crippen LogP contribution in [0.5, 0.6) is 11.5 Å². The van der Waals surface area contributed by atoms with Crippen LogP contribution in [-0.2, 0) is 22.4 Å². The van der Waals surface area contributed by atoms with Crippen molar-refractivity contribution >= 4 is 51.2 Å². The quantitative estimate of drug-likeness (QED) is 0.178. The maximum atomic E-state index is 12.8. The van der Waals surface area contributed by atoms with Crippen molar-refractivity contribution < 1.29 is 32.2 Å². The van der Waals surface area contributed by atoms with Crippen LogP contribution >= 0.6 is 27.5 Å². The van der Waals surface area contributed by atoms with E-state index in [-0.39, 0.29) is 18.5 Å². The first-order chi connectivity index (χ1) is 18.5. The van der Waals surface area contributed by atoms with E-state index in [4.69, 9.17) is 21.1 Å². The van der Waals surface area contributed by atoms with Crippen LogP contribution < -0.4 is 20.2 Å². The van der Waals surface area contributed by atoms with E-state index in [9.17, 15) is 22.8 Å². The van der Waals surface area contributed by atoms with Gasteiger partial charge in [-0.3, -0.25) is 9.59 Å². The van der Waals surface area contributed by atoms with Gasteiger partial charge < -0.3 is 14.8 Å². The van der Waals surface area contributed by atoms with Gasteiger partial charge in [0.15, 0.2) is 11.5 Å². The van der Waals surface area contributed by atoms with Gasteiger partial charge in [0, 0.05) is 23.6 Å². The van der Waals surface area contributed by atoms with Crippen molar-refractivity contribution in [1.29, 1.82) is 0 Å². The van der Waals surface area contributed by atoms with Crippen molar-refractivity contribution in [3.63, 3.8) is 0 Å². The Kier molecular flexibility index (Phi) is 10.8. The number of hydrogen-bond donors (Lipinski definition) is 2. The van der Waals surface area contributed by atoms with Crippen LogP contribution in [0.25, 0.3) is 0 Å². The molecule has 0 spiro atoms. The number of carbonyl (C=O) groups excluding carboxylic acids is 2. The molecular weight excluding hydrogens is 603 g/mol. The fourth-order valence-electron chi connectivity index (χ4n) is 3.26. The highest BCUT2D eigenvalue weighted by Crippen LogP contribution is 2.37. The lowest BCUT2D eigenvalue weighted by molar-refractivity contribution is -0.137. The van der Waals surface area contributed by atoms with E-state index in [1.54, 1.807) is 24.3 Å².